The largest absolute Gasteiger partial charge is 0.361 e. The van der Waals surface area contributed by atoms with Crippen molar-refractivity contribution < 1.29 is 9.32 Å². The molecule has 27 heavy (non-hydrogen) atoms. The van der Waals surface area contributed by atoms with Crippen molar-refractivity contribution in [1.82, 2.24) is 10.5 Å². The lowest BCUT2D eigenvalue weighted by Crippen LogP contribution is -2.30. The standard InChI is InChI=1S/C23H26N2O2/c1-16(22-17(2)25-27-18(22)3)23(26)24-15-14-21(19-10-6-4-7-11-19)20-12-8-5-9-13-20/h4-13,16,21H,14-15H2,1-3H3,(H,24,26). The van der Waals surface area contributed by atoms with E-state index >= 15 is 0 Å². The fraction of sp³-hybridized carbons (Fsp3) is 0.304. The van der Waals surface area contributed by atoms with Gasteiger partial charge in [0.05, 0.1) is 11.6 Å². The molecule has 1 heterocycles. The molecule has 1 amide bonds. The maximum absolute atomic E-state index is 12.6. The van der Waals surface area contributed by atoms with Gasteiger partial charge in [-0.3, -0.25) is 4.79 Å². The summed E-state index contributed by atoms with van der Waals surface area (Å²) in [6.45, 7) is 6.23. The van der Waals surface area contributed by atoms with E-state index in [1.807, 2.05) is 32.9 Å². The zero-order valence-corrected chi connectivity index (χ0v) is 16.1. The monoisotopic (exact) mass is 362 g/mol. The van der Waals surface area contributed by atoms with E-state index in [0.717, 1.165) is 17.7 Å². The number of aryl methyl sites for hydroxylation is 2. The molecule has 0 spiro atoms. The van der Waals surface area contributed by atoms with Crippen molar-refractivity contribution in [3.05, 3.63) is 88.8 Å². The van der Waals surface area contributed by atoms with Crippen LogP contribution in [0.5, 0.6) is 0 Å². The predicted molar refractivity (Wildman–Crippen MR) is 107 cm³/mol. The van der Waals surface area contributed by atoms with E-state index in [-0.39, 0.29) is 17.7 Å². The normalized spacial score (nSPS) is 12.1. The molecule has 0 aliphatic rings. The van der Waals surface area contributed by atoms with Crippen molar-refractivity contribution in [3.8, 4) is 0 Å². The summed E-state index contributed by atoms with van der Waals surface area (Å²) >= 11 is 0. The van der Waals surface area contributed by atoms with Crippen LogP contribution >= 0.6 is 0 Å². The number of benzene rings is 2. The smallest absolute Gasteiger partial charge is 0.227 e. The molecule has 0 bridgehead atoms. The third kappa shape index (κ3) is 4.45. The fourth-order valence-corrected chi connectivity index (χ4v) is 3.63. The van der Waals surface area contributed by atoms with E-state index in [1.165, 1.54) is 11.1 Å². The summed E-state index contributed by atoms with van der Waals surface area (Å²) in [6.07, 6.45) is 0.841. The van der Waals surface area contributed by atoms with Crippen molar-refractivity contribution in [2.24, 2.45) is 0 Å². The van der Waals surface area contributed by atoms with Crippen molar-refractivity contribution in [2.45, 2.75) is 39.0 Å². The first-order valence-electron chi connectivity index (χ1n) is 9.38. The highest BCUT2D eigenvalue weighted by molar-refractivity contribution is 5.83. The lowest BCUT2D eigenvalue weighted by molar-refractivity contribution is -0.122. The quantitative estimate of drug-likeness (QED) is 0.661. The molecule has 1 aromatic heterocycles. The molecule has 4 heteroatoms. The van der Waals surface area contributed by atoms with E-state index in [0.29, 0.717) is 12.3 Å². The molecule has 3 aromatic rings. The summed E-state index contributed by atoms with van der Waals surface area (Å²) in [7, 11) is 0. The van der Waals surface area contributed by atoms with Crippen LogP contribution < -0.4 is 5.32 Å². The second-order valence-corrected chi connectivity index (χ2v) is 6.91. The first-order valence-corrected chi connectivity index (χ1v) is 9.38. The molecule has 3 rings (SSSR count). The minimum atomic E-state index is -0.275. The van der Waals surface area contributed by atoms with Crippen LogP contribution in [0.2, 0.25) is 0 Å². The van der Waals surface area contributed by atoms with E-state index in [4.69, 9.17) is 4.52 Å². The summed E-state index contributed by atoms with van der Waals surface area (Å²) in [5.74, 6) is 0.691. The lowest BCUT2D eigenvalue weighted by Gasteiger charge is -2.19. The Labute approximate surface area is 160 Å². The van der Waals surface area contributed by atoms with Gasteiger partial charge in [-0.2, -0.15) is 0 Å². The number of carbonyl (C=O) groups is 1. The molecule has 0 saturated carbocycles. The number of hydrogen-bond donors (Lipinski definition) is 1. The van der Waals surface area contributed by atoms with Crippen LogP contribution in [0.15, 0.2) is 65.2 Å². The van der Waals surface area contributed by atoms with Gasteiger partial charge >= 0.3 is 0 Å². The lowest BCUT2D eigenvalue weighted by atomic mass is 9.88. The maximum Gasteiger partial charge on any atom is 0.227 e. The molecule has 0 saturated heterocycles. The molecule has 0 radical (unpaired) electrons. The van der Waals surface area contributed by atoms with Gasteiger partial charge in [0.2, 0.25) is 5.91 Å². The van der Waals surface area contributed by atoms with Crippen molar-refractivity contribution in [1.29, 1.82) is 0 Å². The summed E-state index contributed by atoms with van der Waals surface area (Å²) < 4.78 is 5.19. The molecule has 1 N–H and O–H groups in total. The van der Waals surface area contributed by atoms with Crippen LogP contribution in [0.3, 0.4) is 0 Å². The van der Waals surface area contributed by atoms with E-state index in [1.54, 1.807) is 0 Å². The summed E-state index contributed by atoms with van der Waals surface area (Å²) in [4.78, 5) is 12.6. The third-order valence-electron chi connectivity index (χ3n) is 5.05. The summed E-state index contributed by atoms with van der Waals surface area (Å²) in [5, 5.41) is 7.04. The molecule has 2 aromatic carbocycles. The second-order valence-electron chi connectivity index (χ2n) is 6.91. The Balaban J connectivity index is 1.67. The van der Waals surface area contributed by atoms with Gasteiger partial charge in [0.1, 0.15) is 5.76 Å². The highest BCUT2D eigenvalue weighted by Gasteiger charge is 2.23. The van der Waals surface area contributed by atoms with Crippen molar-refractivity contribution in [3.63, 3.8) is 0 Å². The van der Waals surface area contributed by atoms with Gasteiger partial charge in [-0.1, -0.05) is 65.8 Å². The fourth-order valence-electron chi connectivity index (χ4n) is 3.63. The number of aromatic nitrogens is 1. The van der Waals surface area contributed by atoms with Crippen molar-refractivity contribution >= 4 is 5.91 Å². The Kier molecular flexibility index (Phi) is 6.07. The second kappa shape index (κ2) is 8.67. The highest BCUT2D eigenvalue weighted by atomic mass is 16.5. The van der Waals surface area contributed by atoms with Crippen LogP contribution in [0.25, 0.3) is 0 Å². The summed E-state index contributed by atoms with van der Waals surface area (Å²) in [5.41, 5.74) is 4.19. The molecular formula is C23H26N2O2. The van der Waals surface area contributed by atoms with Gasteiger partial charge in [-0.15, -0.1) is 0 Å². The molecule has 0 aliphatic heterocycles. The van der Waals surface area contributed by atoms with E-state index in [9.17, 15) is 4.79 Å². The van der Waals surface area contributed by atoms with Crippen molar-refractivity contribution in [2.75, 3.05) is 6.54 Å². The summed E-state index contributed by atoms with van der Waals surface area (Å²) in [6, 6.07) is 20.9. The Morgan fingerprint density at radius 3 is 2.04 bits per heavy atom. The van der Waals surface area contributed by atoms with Gasteiger partial charge in [-0.25, -0.2) is 0 Å². The third-order valence-corrected chi connectivity index (χ3v) is 5.05. The molecule has 1 atom stereocenters. The van der Waals surface area contributed by atoms with Crippen LogP contribution in [-0.4, -0.2) is 17.6 Å². The van der Waals surface area contributed by atoms with Gasteiger partial charge in [0.25, 0.3) is 0 Å². The van der Waals surface area contributed by atoms with Crippen LogP contribution in [-0.2, 0) is 4.79 Å². The number of hydrogen-bond acceptors (Lipinski definition) is 3. The molecule has 0 aliphatic carbocycles. The first kappa shape index (κ1) is 18.9. The van der Waals surface area contributed by atoms with Crippen LogP contribution in [0.1, 0.15) is 53.3 Å². The predicted octanol–water partition coefficient (Wildman–Crippen LogP) is 4.73. The first-order chi connectivity index (χ1) is 13.1. The van der Waals surface area contributed by atoms with E-state index in [2.05, 4.69) is 59.0 Å². The van der Waals surface area contributed by atoms with Gasteiger partial charge in [0.15, 0.2) is 0 Å². The maximum atomic E-state index is 12.6. The van der Waals surface area contributed by atoms with Crippen LogP contribution in [0.4, 0.5) is 0 Å². The molecule has 1 unspecified atom stereocenters. The number of nitrogens with zero attached hydrogens (tertiary/aromatic N) is 1. The number of rotatable bonds is 7. The Hall–Kier alpha value is -2.88. The highest BCUT2D eigenvalue weighted by Crippen LogP contribution is 2.28. The van der Waals surface area contributed by atoms with Gasteiger partial charge in [0, 0.05) is 18.0 Å². The number of amides is 1. The van der Waals surface area contributed by atoms with E-state index < -0.39 is 0 Å². The van der Waals surface area contributed by atoms with Gasteiger partial charge in [-0.05, 0) is 38.3 Å². The average Bonchev–Trinajstić information content (AvgIpc) is 3.04. The minimum Gasteiger partial charge on any atom is -0.361 e. The minimum absolute atomic E-state index is 0.00396. The topological polar surface area (TPSA) is 55.1 Å². The molecule has 4 nitrogen and oxygen atoms in total. The zero-order valence-electron chi connectivity index (χ0n) is 16.1. The average molecular weight is 362 g/mol. The number of carbonyl (C=O) groups excluding carboxylic acids is 1. The molecule has 140 valence electrons. The molecule has 0 fully saturated rings. The SMILES string of the molecule is Cc1noc(C)c1C(C)C(=O)NCCC(c1ccccc1)c1ccccc1. The number of nitrogens with one attached hydrogen (secondary N) is 1. The van der Waals surface area contributed by atoms with Gasteiger partial charge < -0.3 is 9.84 Å². The Morgan fingerprint density at radius 1 is 1.00 bits per heavy atom. The zero-order chi connectivity index (χ0) is 19.2. The Morgan fingerprint density at radius 2 is 1.56 bits per heavy atom. The Bertz CT molecular complexity index is 813. The molecular weight excluding hydrogens is 336 g/mol. The van der Waals surface area contributed by atoms with Crippen LogP contribution in [0, 0.1) is 13.8 Å².